The van der Waals surface area contributed by atoms with E-state index in [-0.39, 0.29) is 5.41 Å². The summed E-state index contributed by atoms with van der Waals surface area (Å²) in [6, 6.07) is 53.6. The van der Waals surface area contributed by atoms with Gasteiger partial charge in [-0.1, -0.05) is 147 Å². The summed E-state index contributed by atoms with van der Waals surface area (Å²) in [4.78, 5) is 0. The van der Waals surface area contributed by atoms with Gasteiger partial charge in [0.25, 0.3) is 0 Å². The zero-order valence-electron chi connectivity index (χ0n) is 23.4. The average molecular weight is 523 g/mol. The molecule has 0 bridgehead atoms. The molecule has 0 unspecified atom stereocenters. The van der Waals surface area contributed by atoms with Crippen LogP contribution in [0.25, 0.3) is 66.1 Å². The standard InChI is InChI=1S/C41H30/c1-41(2)37-20-12-11-17-31(37)35-26-30(22-24-38(35)41)40-33-19-10-9-18-32(33)39(28-15-7-4-8-16-28)34-23-21-29(25-36(34)40)27-13-5-3-6-14-27/h3-26H,1-2H3. The van der Waals surface area contributed by atoms with E-state index in [2.05, 4.69) is 159 Å². The lowest BCUT2D eigenvalue weighted by Crippen LogP contribution is -2.14. The number of hydrogen-bond donors (Lipinski definition) is 0. The van der Waals surface area contributed by atoms with Crippen molar-refractivity contribution in [2.45, 2.75) is 19.3 Å². The van der Waals surface area contributed by atoms with E-state index in [1.165, 1.54) is 77.2 Å². The first kappa shape index (κ1) is 23.9. The molecule has 0 heteroatoms. The zero-order chi connectivity index (χ0) is 27.6. The fourth-order valence-electron chi connectivity index (χ4n) is 7.09. The first-order chi connectivity index (χ1) is 20.1. The van der Waals surface area contributed by atoms with Crippen LogP contribution in [0.4, 0.5) is 0 Å². The molecule has 0 radical (unpaired) electrons. The highest BCUT2D eigenvalue weighted by atomic mass is 14.4. The van der Waals surface area contributed by atoms with Gasteiger partial charge in [0.05, 0.1) is 0 Å². The van der Waals surface area contributed by atoms with E-state index in [4.69, 9.17) is 0 Å². The van der Waals surface area contributed by atoms with Gasteiger partial charge in [-0.25, -0.2) is 0 Å². The second-order valence-corrected chi connectivity index (χ2v) is 11.7. The maximum absolute atomic E-state index is 2.45. The smallest absolute Gasteiger partial charge is 0.0158 e. The van der Waals surface area contributed by atoms with E-state index in [1.807, 2.05) is 0 Å². The van der Waals surface area contributed by atoms with E-state index in [0.717, 1.165) is 0 Å². The van der Waals surface area contributed by atoms with Crippen molar-refractivity contribution in [1.82, 2.24) is 0 Å². The van der Waals surface area contributed by atoms with Gasteiger partial charge in [-0.2, -0.15) is 0 Å². The van der Waals surface area contributed by atoms with Crippen molar-refractivity contribution >= 4 is 21.5 Å². The predicted octanol–water partition coefficient (Wildman–Crippen LogP) is 11.3. The van der Waals surface area contributed by atoms with E-state index in [9.17, 15) is 0 Å². The Morgan fingerprint density at radius 1 is 0.341 bits per heavy atom. The number of hydrogen-bond acceptors (Lipinski definition) is 0. The molecule has 0 saturated carbocycles. The van der Waals surface area contributed by atoms with E-state index in [1.54, 1.807) is 0 Å². The molecule has 7 aromatic rings. The van der Waals surface area contributed by atoms with Gasteiger partial charge in [0.1, 0.15) is 0 Å². The van der Waals surface area contributed by atoms with Gasteiger partial charge in [-0.05, 0) is 89.3 Å². The normalized spacial score (nSPS) is 13.3. The van der Waals surface area contributed by atoms with Crippen LogP contribution in [0.3, 0.4) is 0 Å². The van der Waals surface area contributed by atoms with Crippen molar-refractivity contribution in [1.29, 1.82) is 0 Å². The molecule has 0 aromatic heterocycles. The summed E-state index contributed by atoms with van der Waals surface area (Å²) in [7, 11) is 0. The van der Waals surface area contributed by atoms with Crippen LogP contribution >= 0.6 is 0 Å². The van der Waals surface area contributed by atoms with Gasteiger partial charge < -0.3 is 0 Å². The molecule has 0 amide bonds. The van der Waals surface area contributed by atoms with Crippen molar-refractivity contribution in [2.75, 3.05) is 0 Å². The number of fused-ring (bicyclic) bond motifs is 5. The molecule has 0 aliphatic heterocycles. The first-order valence-corrected chi connectivity index (χ1v) is 14.5. The Morgan fingerprint density at radius 3 is 1.61 bits per heavy atom. The minimum atomic E-state index is -0.00770. The average Bonchev–Trinajstić information content (AvgIpc) is 3.26. The molecule has 0 nitrogen and oxygen atoms in total. The predicted molar refractivity (Wildman–Crippen MR) is 175 cm³/mol. The topological polar surface area (TPSA) is 0 Å². The highest BCUT2D eigenvalue weighted by molar-refractivity contribution is 6.22. The molecule has 0 saturated heterocycles. The molecule has 41 heavy (non-hydrogen) atoms. The maximum Gasteiger partial charge on any atom is 0.0158 e. The molecule has 0 heterocycles. The van der Waals surface area contributed by atoms with Crippen LogP contribution in [-0.2, 0) is 5.41 Å². The Kier molecular flexibility index (Phi) is 5.27. The van der Waals surface area contributed by atoms with Crippen molar-refractivity contribution in [2.24, 2.45) is 0 Å². The third-order valence-electron chi connectivity index (χ3n) is 9.07. The highest BCUT2D eigenvalue weighted by Gasteiger charge is 2.35. The number of rotatable bonds is 3. The van der Waals surface area contributed by atoms with Gasteiger partial charge in [-0.3, -0.25) is 0 Å². The largest absolute Gasteiger partial charge is 0.0622 e. The Hall–Kier alpha value is -4.94. The summed E-state index contributed by atoms with van der Waals surface area (Å²) in [6.07, 6.45) is 0. The quantitative estimate of drug-likeness (QED) is 0.202. The first-order valence-electron chi connectivity index (χ1n) is 14.5. The van der Waals surface area contributed by atoms with E-state index >= 15 is 0 Å². The minimum Gasteiger partial charge on any atom is -0.0622 e. The van der Waals surface area contributed by atoms with Gasteiger partial charge in [0.2, 0.25) is 0 Å². The summed E-state index contributed by atoms with van der Waals surface area (Å²) in [5, 5.41) is 5.14. The van der Waals surface area contributed by atoms with E-state index in [0.29, 0.717) is 0 Å². The minimum absolute atomic E-state index is 0.00770. The van der Waals surface area contributed by atoms with Gasteiger partial charge >= 0.3 is 0 Å². The molecule has 0 atom stereocenters. The van der Waals surface area contributed by atoms with Crippen molar-refractivity contribution < 1.29 is 0 Å². The Labute approximate surface area is 241 Å². The fourth-order valence-corrected chi connectivity index (χ4v) is 7.09. The van der Waals surface area contributed by atoms with Gasteiger partial charge in [-0.15, -0.1) is 0 Å². The third-order valence-corrected chi connectivity index (χ3v) is 9.07. The molecule has 0 spiro atoms. The molecular formula is C41H30. The van der Waals surface area contributed by atoms with Crippen LogP contribution in [0.2, 0.25) is 0 Å². The molecule has 194 valence electrons. The molecule has 0 fully saturated rings. The Balaban J connectivity index is 1.49. The second-order valence-electron chi connectivity index (χ2n) is 11.7. The van der Waals surface area contributed by atoms with E-state index < -0.39 is 0 Å². The summed E-state index contributed by atoms with van der Waals surface area (Å²) in [6.45, 7) is 4.70. The van der Waals surface area contributed by atoms with Crippen LogP contribution in [-0.4, -0.2) is 0 Å². The fraction of sp³-hybridized carbons (Fsp3) is 0.0732. The third kappa shape index (κ3) is 3.61. The lowest BCUT2D eigenvalue weighted by molar-refractivity contribution is 0.660. The highest BCUT2D eigenvalue weighted by Crippen LogP contribution is 2.51. The summed E-state index contributed by atoms with van der Waals surface area (Å²) in [5.74, 6) is 0. The lowest BCUT2D eigenvalue weighted by Gasteiger charge is -2.22. The summed E-state index contributed by atoms with van der Waals surface area (Å²) in [5.41, 5.74) is 13.1. The molecular weight excluding hydrogens is 492 g/mol. The zero-order valence-corrected chi connectivity index (χ0v) is 23.4. The number of benzene rings is 7. The molecule has 7 aromatic carbocycles. The molecule has 1 aliphatic carbocycles. The summed E-state index contributed by atoms with van der Waals surface area (Å²) < 4.78 is 0. The van der Waals surface area contributed by atoms with Crippen LogP contribution in [0, 0.1) is 0 Å². The molecule has 1 aliphatic rings. The van der Waals surface area contributed by atoms with Crippen LogP contribution < -0.4 is 0 Å². The van der Waals surface area contributed by atoms with Gasteiger partial charge in [0, 0.05) is 5.41 Å². The SMILES string of the molecule is CC1(C)c2ccccc2-c2cc(-c3c4ccccc4c(-c4ccccc4)c4ccc(-c5ccccc5)cc34)ccc21. The maximum atomic E-state index is 2.45. The van der Waals surface area contributed by atoms with Crippen molar-refractivity contribution in [3.8, 4) is 44.5 Å². The lowest BCUT2D eigenvalue weighted by atomic mass is 9.81. The monoisotopic (exact) mass is 522 g/mol. The molecule has 8 rings (SSSR count). The van der Waals surface area contributed by atoms with Crippen molar-refractivity contribution in [3.05, 3.63) is 157 Å². The summed E-state index contributed by atoms with van der Waals surface area (Å²) >= 11 is 0. The second kappa shape index (κ2) is 9.04. The van der Waals surface area contributed by atoms with Crippen molar-refractivity contribution in [3.63, 3.8) is 0 Å². The Bertz CT molecular complexity index is 2100. The Morgan fingerprint density at radius 2 is 0.878 bits per heavy atom. The van der Waals surface area contributed by atoms with Crippen LogP contribution in [0.1, 0.15) is 25.0 Å². The van der Waals surface area contributed by atoms with Crippen LogP contribution in [0.15, 0.2) is 146 Å². The molecule has 0 N–H and O–H groups in total. The van der Waals surface area contributed by atoms with Crippen LogP contribution in [0.5, 0.6) is 0 Å². The van der Waals surface area contributed by atoms with Gasteiger partial charge in [0.15, 0.2) is 0 Å².